The molecule has 2 N–H and O–H groups in total. The molecule has 0 bridgehead atoms. The minimum atomic E-state index is -2.96. The van der Waals surface area contributed by atoms with Crippen LogP contribution in [0.1, 0.15) is 86.7 Å². The van der Waals surface area contributed by atoms with Crippen LogP contribution in [-0.2, 0) is 12.0 Å². The van der Waals surface area contributed by atoms with Gasteiger partial charge in [-0.1, -0.05) is 35.5 Å². The summed E-state index contributed by atoms with van der Waals surface area (Å²) in [5.41, 5.74) is 0.761. The Morgan fingerprint density at radius 1 is 1.07 bits per heavy atom. The van der Waals surface area contributed by atoms with Crippen molar-refractivity contribution in [3.05, 3.63) is 65.0 Å². The van der Waals surface area contributed by atoms with Gasteiger partial charge >= 0.3 is 6.03 Å². The second-order valence-electron chi connectivity index (χ2n) is 10.6. The number of Topliss-reactive ketones (excluding diaryl/α,β-unsaturated/α-hetero) is 1. The number of ether oxygens (including phenoxy) is 2. The van der Waals surface area contributed by atoms with E-state index in [-0.39, 0.29) is 11.6 Å². The zero-order valence-electron chi connectivity index (χ0n) is 24.5. The van der Waals surface area contributed by atoms with Crippen LogP contribution in [0.15, 0.2) is 42.5 Å². The van der Waals surface area contributed by atoms with E-state index in [9.17, 15) is 18.4 Å². The number of H-pyrrole nitrogens is 1. The number of carbonyl (C=O) groups is 2. The SMILES string of the molecule is CCOc1cc([C@@H](C)N(CCCCc2ccccc2)C(=O)NC2(c3nn[nH]n3)CC(F)(F)C2)cc(OCC)c1C(C)=O. The Bertz CT molecular complexity index is 1320. The average molecular weight is 585 g/mol. The number of alkyl halides is 2. The fourth-order valence-electron chi connectivity index (χ4n) is 5.42. The number of carbonyl (C=O) groups excluding carboxylic acids is 2. The van der Waals surface area contributed by atoms with Gasteiger partial charge in [-0.25, -0.2) is 13.6 Å². The fraction of sp³-hybridized carbons (Fsp3) is 0.500. The third-order valence-corrected chi connectivity index (χ3v) is 7.45. The lowest BCUT2D eigenvalue weighted by molar-refractivity contribution is -0.137. The minimum Gasteiger partial charge on any atom is -0.493 e. The first-order valence-electron chi connectivity index (χ1n) is 14.3. The predicted molar refractivity (Wildman–Crippen MR) is 152 cm³/mol. The molecule has 42 heavy (non-hydrogen) atoms. The highest BCUT2D eigenvalue weighted by atomic mass is 19.3. The van der Waals surface area contributed by atoms with Gasteiger partial charge in [0.15, 0.2) is 11.6 Å². The van der Waals surface area contributed by atoms with Crippen molar-refractivity contribution in [1.82, 2.24) is 30.8 Å². The average Bonchev–Trinajstić information content (AvgIpc) is 3.48. The molecule has 1 aromatic heterocycles. The van der Waals surface area contributed by atoms with E-state index in [0.717, 1.165) is 12.8 Å². The maximum atomic E-state index is 14.1. The van der Waals surface area contributed by atoms with E-state index < -0.39 is 36.4 Å². The quantitative estimate of drug-likeness (QED) is 0.186. The maximum Gasteiger partial charge on any atom is 0.318 e. The molecule has 226 valence electrons. The van der Waals surface area contributed by atoms with Crippen molar-refractivity contribution in [2.45, 2.75) is 77.3 Å². The molecular weight excluding hydrogens is 546 g/mol. The first kappa shape index (κ1) is 30.9. The van der Waals surface area contributed by atoms with Gasteiger partial charge in [0.1, 0.15) is 22.6 Å². The number of nitrogens with one attached hydrogen (secondary N) is 2. The Morgan fingerprint density at radius 2 is 1.71 bits per heavy atom. The second-order valence-corrected chi connectivity index (χ2v) is 10.6. The highest BCUT2D eigenvalue weighted by molar-refractivity contribution is 5.99. The zero-order chi connectivity index (χ0) is 30.3. The van der Waals surface area contributed by atoms with Crippen molar-refractivity contribution >= 4 is 11.8 Å². The van der Waals surface area contributed by atoms with Gasteiger partial charge in [0, 0.05) is 19.4 Å². The summed E-state index contributed by atoms with van der Waals surface area (Å²) < 4.78 is 39.9. The number of urea groups is 1. The van der Waals surface area contributed by atoms with E-state index in [4.69, 9.17) is 9.47 Å². The summed E-state index contributed by atoms with van der Waals surface area (Å²) in [6.07, 6.45) is 1.06. The van der Waals surface area contributed by atoms with Gasteiger partial charge in [0.05, 0.1) is 19.3 Å². The summed E-state index contributed by atoms with van der Waals surface area (Å²) in [4.78, 5) is 28.0. The number of hydrogen-bond acceptors (Lipinski definition) is 7. The number of rotatable bonds is 14. The third-order valence-electron chi connectivity index (χ3n) is 7.45. The van der Waals surface area contributed by atoms with E-state index in [1.165, 1.54) is 12.5 Å². The van der Waals surface area contributed by atoms with Crippen LogP contribution in [0.2, 0.25) is 0 Å². The number of benzene rings is 2. The largest absolute Gasteiger partial charge is 0.493 e. The molecule has 3 aromatic rings. The molecule has 1 saturated carbocycles. The van der Waals surface area contributed by atoms with Crippen molar-refractivity contribution < 1.29 is 27.8 Å². The molecule has 12 heteroatoms. The first-order valence-corrected chi connectivity index (χ1v) is 14.3. The number of tetrazole rings is 1. The fourth-order valence-corrected chi connectivity index (χ4v) is 5.42. The van der Waals surface area contributed by atoms with Crippen molar-refractivity contribution in [3.63, 3.8) is 0 Å². The smallest absolute Gasteiger partial charge is 0.318 e. The molecule has 0 saturated heterocycles. The van der Waals surface area contributed by atoms with Crippen LogP contribution < -0.4 is 14.8 Å². The number of aromatic amines is 1. The van der Waals surface area contributed by atoms with E-state index in [2.05, 4.69) is 38.1 Å². The number of halogens is 2. The van der Waals surface area contributed by atoms with Crippen molar-refractivity contribution in [2.75, 3.05) is 19.8 Å². The third kappa shape index (κ3) is 7.03. The lowest BCUT2D eigenvalue weighted by Crippen LogP contribution is -2.62. The van der Waals surface area contributed by atoms with E-state index in [0.29, 0.717) is 48.8 Å². The van der Waals surface area contributed by atoms with Gasteiger partial charge in [0.25, 0.3) is 5.92 Å². The van der Waals surface area contributed by atoms with Gasteiger partial charge < -0.3 is 19.7 Å². The summed E-state index contributed by atoms with van der Waals surface area (Å²) in [5, 5.41) is 16.4. The van der Waals surface area contributed by atoms with Crippen LogP contribution in [0.25, 0.3) is 0 Å². The van der Waals surface area contributed by atoms with E-state index in [1.807, 2.05) is 39.0 Å². The Kier molecular flexibility index (Phi) is 9.74. The summed E-state index contributed by atoms with van der Waals surface area (Å²) in [7, 11) is 0. The van der Waals surface area contributed by atoms with Crippen LogP contribution in [0.3, 0.4) is 0 Å². The molecule has 1 aliphatic carbocycles. The number of nitrogens with zero attached hydrogens (tertiary/aromatic N) is 4. The van der Waals surface area contributed by atoms with Crippen LogP contribution >= 0.6 is 0 Å². The van der Waals surface area contributed by atoms with E-state index in [1.54, 1.807) is 17.0 Å². The molecule has 0 unspecified atom stereocenters. The Labute approximate surface area is 244 Å². The van der Waals surface area contributed by atoms with Crippen LogP contribution in [-0.4, -0.2) is 63.0 Å². The summed E-state index contributed by atoms with van der Waals surface area (Å²) in [6, 6.07) is 12.5. The monoisotopic (exact) mass is 584 g/mol. The number of unbranched alkanes of at least 4 members (excludes halogenated alkanes) is 1. The van der Waals surface area contributed by atoms with Gasteiger partial charge in [-0.2, -0.15) is 5.21 Å². The first-order chi connectivity index (χ1) is 20.1. The molecule has 4 rings (SSSR count). The van der Waals surface area contributed by atoms with Crippen molar-refractivity contribution in [2.24, 2.45) is 0 Å². The molecule has 1 fully saturated rings. The Hall–Kier alpha value is -4.09. The van der Waals surface area contributed by atoms with Gasteiger partial charge in [-0.05, 0) is 70.2 Å². The Morgan fingerprint density at radius 3 is 2.24 bits per heavy atom. The van der Waals surface area contributed by atoms with E-state index >= 15 is 0 Å². The zero-order valence-corrected chi connectivity index (χ0v) is 24.5. The highest BCUT2D eigenvalue weighted by Crippen LogP contribution is 2.50. The molecule has 1 heterocycles. The summed E-state index contributed by atoms with van der Waals surface area (Å²) >= 11 is 0. The number of aromatic nitrogens is 4. The van der Waals surface area contributed by atoms with Crippen LogP contribution in [0.5, 0.6) is 11.5 Å². The lowest BCUT2D eigenvalue weighted by Gasteiger charge is -2.46. The molecule has 1 atom stereocenters. The molecular formula is C30H38F2N6O4. The molecule has 0 spiro atoms. The number of amides is 2. The number of aryl methyl sites for hydroxylation is 1. The van der Waals surface area contributed by atoms with Gasteiger partial charge in [-0.15, -0.1) is 10.2 Å². The molecule has 1 aliphatic rings. The van der Waals surface area contributed by atoms with Gasteiger partial charge in [0.2, 0.25) is 0 Å². The van der Waals surface area contributed by atoms with Crippen LogP contribution in [0.4, 0.5) is 13.6 Å². The van der Waals surface area contributed by atoms with Crippen molar-refractivity contribution in [1.29, 1.82) is 0 Å². The maximum absolute atomic E-state index is 14.1. The topological polar surface area (TPSA) is 122 Å². The van der Waals surface area contributed by atoms with Crippen molar-refractivity contribution in [3.8, 4) is 11.5 Å². The highest BCUT2D eigenvalue weighted by Gasteiger charge is 2.61. The lowest BCUT2D eigenvalue weighted by atomic mass is 9.72. The summed E-state index contributed by atoms with van der Waals surface area (Å²) in [6.45, 7) is 7.94. The normalized spacial score (nSPS) is 15.8. The Balaban J connectivity index is 1.63. The van der Waals surface area contributed by atoms with Gasteiger partial charge in [-0.3, -0.25) is 4.79 Å². The number of ketones is 1. The number of hydrogen-bond donors (Lipinski definition) is 2. The molecule has 0 radical (unpaired) electrons. The van der Waals surface area contributed by atoms with Crippen LogP contribution in [0, 0.1) is 0 Å². The second kappa shape index (κ2) is 13.3. The predicted octanol–water partition coefficient (Wildman–Crippen LogP) is 5.62. The molecule has 0 aliphatic heterocycles. The summed E-state index contributed by atoms with van der Waals surface area (Å²) in [5.74, 6) is -2.42. The minimum absolute atomic E-state index is 0.0153. The molecule has 2 amide bonds. The standard InChI is InChI=1S/C30H38F2N6O4/c1-5-41-24-16-23(17-25(42-6-2)26(24)21(4)39)20(3)38(15-11-10-14-22-12-8-7-9-13-22)28(40)33-29(18-30(31,32)19-29)27-34-36-37-35-27/h7-9,12-13,16-17,20H,5-6,10-11,14-15,18-19H2,1-4H3,(H,33,40)(H,34,35,36,37)/t20-/m1/s1. The molecule has 2 aromatic carbocycles. The molecule has 10 nitrogen and oxygen atoms in total.